The lowest BCUT2D eigenvalue weighted by atomic mass is 10.2. The van der Waals surface area contributed by atoms with Crippen LogP contribution in [0.4, 0.5) is 34.1 Å². The van der Waals surface area contributed by atoms with Crippen LogP contribution in [0.3, 0.4) is 0 Å². The van der Waals surface area contributed by atoms with E-state index in [1.54, 1.807) is 12.1 Å². The van der Waals surface area contributed by atoms with Gasteiger partial charge in [0.2, 0.25) is 11.0 Å². The molecule has 1 atom stereocenters. The van der Waals surface area contributed by atoms with E-state index in [2.05, 4.69) is 20.8 Å². The summed E-state index contributed by atoms with van der Waals surface area (Å²) in [4.78, 5) is 12.2. The molecule has 0 fully saturated rings. The standard InChI is InChI=1S/C17H12F4N4OS2/c1-8(15(26)22-12-7-6-10(19)13(20)14(12)21)27-17-25-24-16(28-17)23-11-5-3-2-4-9(11)18/h2-8H,1H3,(H,22,26)(H,23,24). The summed E-state index contributed by atoms with van der Waals surface area (Å²) in [6, 6.07) is 7.70. The quantitative estimate of drug-likeness (QED) is 0.330. The second kappa shape index (κ2) is 8.57. The van der Waals surface area contributed by atoms with E-state index in [1.807, 2.05) is 0 Å². The molecule has 3 aromatic rings. The maximum Gasteiger partial charge on any atom is 0.237 e. The van der Waals surface area contributed by atoms with Gasteiger partial charge in [-0.2, -0.15) is 0 Å². The number of nitrogens with one attached hydrogen (secondary N) is 2. The van der Waals surface area contributed by atoms with Crippen LogP contribution in [0.25, 0.3) is 0 Å². The molecule has 0 saturated heterocycles. The van der Waals surface area contributed by atoms with Crippen molar-refractivity contribution in [3.63, 3.8) is 0 Å². The number of carbonyl (C=O) groups excluding carboxylic acids is 1. The van der Waals surface area contributed by atoms with Gasteiger partial charge in [-0.3, -0.25) is 4.79 Å². The van der Waals surface area contributed by atoms with Crippen molar-refractivity contribution < 1.29 is 22.4 Å². The molecule has 1 unspecified atom stereocenters. The summed E-state index contributed by atoms with van der Waals surface area (Å²) in [7, 11) is 0. The Kier molecular flexibility index (Phi) is 6.15. The van der Waals surface area contributed by atoms with Gasteiger partial charge in [-0.1, -0.05) is 35.2 Å². The smallest absolute Gasteiger partial charge is 0.237 e. The zero-order valence-corrected chi connectivity index (χ0v) is 15.8. The molecule has 11 heteroatoms. The van der Waals surface area contributed by atoms with E-state index < -0.39 is 40.1 Å². The number of nitrogens with zero attached hydrogens (tertiary/aromatic N) is 2. The maximum absolute atomic E-state index is 13.7. The molecule has 2 N–H and O–H groups in total. The Morgan fingerprint density at radius 1 is 1.00 bits per heavy atom. The molecule has 0 saturated carbocycles. The van der Waals surface area contributed by atoms with Crippen LogP contribution in [-0.4, -0.2) is 21.4 Å². The summed E-state index contributed by atoms with van der Waals surface area (Å²) in [6.45, 7) is 1.53. The second-order valence-corrected chi connectivity index (χ2v) is 8.02. The van der Waals surface area contributed by atoms with E-state index in [0.717, 1.165) is 35.2 Å². The first-order valence-electron chi connectivity index (χ1n) is 7.81. The van der Waals surface area contributed by atoms with Crippen molar-refractivity contribution in [2.24, 2.45) is 0 Å². The van der Waals surface area contributed by atoms with Crippen molar-refractivity contribution >= 4 is 45.5 Å². The lowest BCUT2D eigenvalue weighted by molar-refractivity contribution is -0.115. The van der Waals surface area contributed by atoms with Gasteiger partial charge in [0, 0.05) is 0 Å². The van der Waals surface area contributed by atoms with E-state index in [9.17, 15) is 22.4 Å². The van der Waals surface area contributed by atoms with Crippen molar-refractivity contribution in [3.05, 3.63) is 59.7 Å². The predicted octanol–water partition coefficient (Wildman–Crippen LogP) is 4.96. The average Bonchev–Trinajstić information content (AvgIpc) is 3.11. The molecule has 0 aliphatic carbocycles. The zero-order valence-electron chi connectivity index (χ0n) is 14.2. The largest absolute Gasteiger partial charge is 0.328 e. The third-order valence-corrected chi connectivity index (χ3v) is 5.48. The number of thioether (sulfide) groups is 1. The fourth-order valence-electron chi connectivity index (χ4n) is 2.05. The van der Waals surface area contributed by atoms with Crippen LogP contribution in [-0.2, 0) is 4.79 Å². The van der Waals surface area contributed by atoms with E-state index in [0.29, 0.717) is 9.47 Å². The minimum Gasteiger partial charge on any atom is -0.328 e. The Bertz CT molecular complexity index is 1010. The molecule has 0 aliphatic heterocycles. The molecule has 28 heavy (non-hydrogen) atoms. The number of hydrogen-bond acceptors (Lipinski definition) is 6. The SMILES string of the molecule is CC(Sc1nnc(Nc2ccccc2F)s1)C(=O)Nc1ccc(F)c(F)c1F. The number of anilines is 3. The third kappa shape index (κ3) is 4.60. The molecule has 3 rings (SSSR count). The van der Waals surface area contributed by atoms with Crippen LogP contribution in [0.5, 0.6) is 0 Å². The third-order valence-electron chi connectivity index (χ3n) is 3.46. The number of para-hydroxylation sites is 1. The van der Waals surface area contributed by atoms with Crippen LogP contribution >= 0.6 is 23.1 Å². The Labute approximate surface area is 165 Å². The summed E-state index contributed by atoms with van der Waals surface area (Å²) in [5, 5.41) is 12.3. The van der Waals surface area contributed by atoms with Crippen LogP contribution in [0.2, 0.25) is 0 Å². The van der Waals surface area contributed by atoms with Gasteiger partial charge < -0.3 is 10.6 Å². The van der Waals surface area contributed by atoms with Gasteiger partial charge in [0.15, 0.2) is 21.8 Å². The summed E-state index contributed by atoms with van der Waals surface area (Å²) in [5.41, 5.74) is -0.231. The number of hydrogen-bond donors (Lipinski definition) is 2. The minimum atomic E-state index is -1.66. The van der Waals surface area contributed by atoms with Gasteiger partial charge >= 0.3 is 0 Å². The number of rotatable bonds is 6. The molecule has 146 valence electrons. The first-order chi connectivity index (χ1) is 13.3. The monoisotopic (exact) mass is 428 g/mol. The Morgan fingerprint density at radius 2 is 1.75 bits per heavy atom. The number of carbonyl (C=O) groups is 1. The zero-order chi connectivity index (χ0) is 20.3. The van der Waals surface area contributed by atoms with E-state index in [-0.39, 0.29) is 5.69 Å². The van der Waals surface area contributed by atoms with E-state index >= 15 is 0 Å². The van der Waals surface area contributed by atoms with E-state index in [1.165, 1.54) is 19.1 Å². The van der Waals surface area contributed by atoms with Gasteiger partial charge in [0.1, 0.15) is 5.82 Å². The van der Waals surface area contributed by atoms with Gasteiger partial charge in [-0.05, 0) is 31.2 Å². The second-order valence-electron chi connectivity index (χ2n) is 5.45. The van der Waals surface area contributed by atoms with Crippen molar-refractivity contribution in [3.8, 4) is 0 Å². The molecule has 1 heterocycles. The van der Waals surface area contributed by atoms with Gasteiger partial charge in [-0.15, -0.1) is 10.2 Å². The van der Waals surface area contributed by atoms with Crippen LogP contribution in [0.1, 0.15) is 6.92 Å². The van der Waals surface area contributed by atoms with Gasteiger partial charge in [0.05, 0.1) is 16.6 Å². The summed E-state index contributed by atoms with van der Waals surface area (Å²) in [6.07, 6.45) is 0. The molecule has 1 amide bonds. The molecule has 0 aliphatic rings. The van der Waals surface area contributed by atoms with Crippen molar-refractivity contribution in [1.82, 2.24) is 10.2 Å². The predicted molar refractivity (Wildman–Crippen MR) is 99.9 cm³/mol. The molecule has 2 aromatic carbocycles. The summed E-state index contributed by atoms with van der Waals surface area (Å²) < 4.78 is 53.9. The fraction of sp³-hybridized carbons (Fsp3) is 0.118. The Morgan fingerprint density at radius 3 is 2.50 bits per heavy atom. The van der Waals surface area contributed by atoms with Gasteiger partial charge in [0.25, 0.3) is 0 Å². The van der Waals surface area contributed by atoms with Crippen molar-refractivity contribution in [2.75, 3.05) is 10.6 Å². The number of benzene rings is 2. The lowest BCUT2D eigenvalue weighted by Crippen LogP contribution is -2.23. The molecule has 5 nitrogen and oxygen atoms in total. The first kappa shape index (κ1) is 20.1. The van der Waals surface area contributed by atoms with Crippen molar-refractivity contribution in [1.29, 1.82) is 0 Å². The Balaban J connectivity index is 1.63. The van der Waals surface area contributed by atoms with Crippen molar-refractivity contribution in [2.45, 2.75) is 16.5 Å². The lowest BCUT2D eigenvalue weighted by Gasteiger charge is -2.11. The summed E-state index contributed by atoms with van der Waals surface area (Å²) >= 11 is 2.12. The number of halogens is 4. The maximum atomic E-state index is 13.7. The highest BCUT2D eigenvalue weighted by atomic mass is 32.2. The van der Waals surface area contributed by atoms with Crippen LogP contribution in [0, 0.1) is 23.3 Å². The van der Waals surface area contributed by atoms with Gasteiger partial charge in [-0.25, -0.2) is 17.6 Å². The minimum absolute atomic E-state index is 0.231. The van der Waals surface area contributed by atoms with Crippen LogP contribution < -0.4 is 10.6 Å². The number of aromatic nitrogens is 2. The highest BCUT2D eigenvalue weighted by Crippen LogP contribution is 2.31. The molecule has 0 radical (unpaired) electrons. The molecule has 0 spiro atoms. The molecule has 0 bridgehead atoms. The van der Waals surface area contributed by atoms with Crippen LogP contribution in [0.15, 0.2) is 40.7 Å². The highest BCUT2D eigenvalue weighted by Gasteiger charge is 2.21. The normalized spacial score (nSPS) is 11.9. The fourth-order valence-corrected chi connectivity index (χ4v) is 3.96. The average molecular weight is 428 g/mol. The summed E-state index contributed by atoms with van der Waals surface area (Å²) in [5.74, 6) is -5.56. The molecule has 1 aromatic heterocycles. The highest BCUT2D eigenvalue weighted by molar-refractivity contribution is 8.02. The van der Waals surface area contributed by atoms with E-state index in [4.69, 9.17) is 0 Å². The molecular weight excluding hydrogens is 416 g/mol. The first-order valence-corrected chi connectivity index (χ1v) is 9.51. The topological polar surface area (TPSA) is 66.9 Å². The number of amides is 1. The molecular formula is C17H12F4N4OS2. The Hall–Kier alpha value is -2.66.